The van der Waals surface area contributed by atoms with Crippen LogP contribution >= 0.6 is 0 Å². The Kier molecular flexibility index (Phi) is 9.21. The van der Waals surface area contributed by atoms with Gasteiger partial charge in [0.25, 0.3) is 0 Å². The van der Waals surface area contributed by atoms with Crippen LogP contribution in [0.3, 0.4) is 0 Å². The number of aliphatic hydroxyl groups excluding tert-OH is 1. The number of nitrogens with zero attached hydrogens (tertiary/aromatic N) is 1. The van der Waals surface area contributed by atoms with Crippen molar-refractivity contribution in [2.45, 2.75) is 31.0 Å². The normalized spacial score (nSPS) is 13.6. The van der Waals surface area contributed by atoms with Gasteiger partial charge in [0.05, 0.1) is 31.9 Å². The number of H-pyrrole nitrogens is 1. The van der Waals surface area contributed by atoms with E-state index in [-0.39, 0.29) is 6.42 Å². The molecule has 29 heavy (non-hydrogen) atoms. The zero-order valence-electron chi connectivity index (χ0n) is 15.3. The number of hydrogen-bond donors (Lipinski definition) is 8. The van der Waals surface area contributed by atoms with Crippen LogP contribution in [-0.2, 0) is 30.4 Å². The van der Waals surface area contributed by atoms with Crippen molar-refractivity contribution in [2.75, 3.05) is 13.2 Å². The first-order valence-electron chi connectivity index (χ1n) is 8.36. The third-order valence-corrected chi connectivity index (χ3v) is 3.61. The second kappa shape index (κ2) is 11.4. The Morgan fingerprint density at radius 2 is 1.83 bits per heavy atom. The van der Waals surface area contributed by atoms with Gasteiger partial charge in [0.15, 0.2) is 0 Å². The zero-order chi connectivity index (χ0) is 22.0. The lowest BCUT2D eigenvalue weighted by molar-refractivity contribution is -0.143. The second-order valence-corrected chi connectivity index (χ2v) is 5.98. The number of aliphatic hydroxyl groups is 1. The Morgan fingerprint density at radius 3 is 2.34 bits per heavy atom. The van der Waals surface area contributed by atoms with E-state index in [4.69, 9.17) is 16.6 Å². The molecule has 1 rings (SSSR count). The monoisotopic (exact) mass is 413 g/mol. The molecule has 1 aromatic rings. The van der Waals surface area contributed by atoms with Crippen molar-refractivity contribution in [3.8, 4) is 0 Å². The second-order valence-electron chi connectivity index (χ2n) is 5.98. The van der Waals surface area contributed by atoms with E-state index in [1.54, 1.807) is 0 Å². The topological polar surface area (TPSA) is 243 Å². The number of imidazole rings is 1. The summed E-state index contributed by atoms with van der Waals surface area (Å²) in [4.78, 5) is 64.1. The number of rotatable bonds is 12. The summed E-state index contributed by atoms with van der Waals surface area (Å²) in [7, 11) is 0. The summed E-state index contributed by atoms with van der Waals surface area (Å²) in [5, 5.41) is 24.6. The summed E-state index contributed by atoms with van der Waals surface area (Å²) in [5.41, 5.74) is 11.2. The molecule has 0 aliphatic heterocycles. The minimum Gasteiger partial charge on any atom is -0.480 e. The summed E-state index contributed by atoms with van der Waals surface area (Å²) in [6.45, 7) is -1.43. The van der Waals surface area contributed by atoms with E-state index in [0.29, 0.717) is 5.69 Å². The van der Waals surface area contributed by atoms with Crippen molar-refractivity contribution in [2.24, 2.45) is 11.5 Å². The van der Waals surface area contributed by atoms with Crippen LogP contribution in [0.5, 0.6) is 0 Å². The third-order valence-electron chi connectivity index (χ3n) is 3.61. The first-order chi connectivity index (χ1) is 13.6. The Bertz CT molecular complexity index is 737. The third kappa shape index (κ3) is 8.35. The van der Waals surface area contributed by atoms with Crippen molar-refractivity contribution >= 4 is 29.6 Å². The van der Waals surface area contributed by atoms with Gasteiger partial charge in [-0.1, -0.05) is 0 Å². The summed E-state index contributed by atoms with van der Waals surface area (Å²) in [6.07, 6.45) is 2.38. The largest absolute Gasteiger partial charge is 0.480 e. The minimum atomic E-state index is -1.55. The molecule has 1 heterocycles. The van der Waals surface area contributed by atoms with Gasteiger partial charge in [0, 0.05) is 18.3 Å². The predicted molar refractivity (Wildman–Crippen MR) is 95.7 cm³/mol. The maximum absolute atomic E-state index is 12.1. The molecular weight excluding hydrogens is 390 g/mol. The molecule has 0 fully saturated rings. The number of carbonyl (C=O) groups excluding carboxylic acids is 4. The summed E-state index contributed by atoms with van der Waals surface area (Å²) in [6, 6.07) is -3.96. The molecule has 0 saturated carbocycles. The van der Waals surface area contributed by atoms with Gasteiger partial charge >= 0.3 is 5.97 Å². The van der Waals surface area contributed by atoms with Crippen molar-refractivity contribution in [3.05, 3.63) is 18.2 Å². The summed E-state index contributed by atoms with van der Waals surface area (Å²) >= 11 is 0. The molecule has 10 N–H and O–H groups in total. The molecule has 4 amide bonds. The van der Waals surface area contributed by atoms with E-state index >= 15 is 0 Å². The average Bonchev–Trinajstić information content (AvgIpc) is 3.15. The van der Waals surface area contributed by atoms with Crippen molar-refractivity contribution in [3.63, 3.8) is 0 Å². The number of carbonyl (C=O) groups is 5. The Balaban J connectivity index is 2.50. The van der Waals surface area contributed by atoms with Gasteiger partial charge in [-0.2, -0.15) is 0 Å². The number of aromatic amines is 1. The molecule has 1 aromatic heterocycles. The summed E-state index contributed by atoms with van der Waals surface area (Å²) in [5.74, 6) is -4.94. The Labute approximate surface area is 164 Å². The van der Waals surface area contributed by atoms with Crippen LogP contribution in [0.25, 0.3) is 0 Å². The molecule has 0 radical (unpaired) electrons. The van der Waals surface area contributed by atoms with Crippen molar-refractivity contribution in [1.82, 2.24) is 25.9 Å². The number of amides is 4. The number of hydrogen-bond acceptors (Lipinski definition) is 8. The van der Waals surface area contributed by atoms with Crippen molar-refractivity contribution < 1.29 is 34.2 Å². The van der Waals surface area contributed by atoms with E-state index < -0.39 is 67.3 Å². The van der Waals surface area contributed by atoms with Gasteiger partial charge in [0.2, 0.25) is 23.6 Å². The fraction of sp³-hybridized carbons (Fsp3) is 0.467. The van der Waals surface area contributed by atoms with Crippen LogP contribution in [0.4, 0.5) is 0 Å². The minimum absolute atomic E-state index is 0.116. The van der Waals surface area contributed by atoms with E-state index in [1.165, 1.54) is 12.5 Å². The molecule has 160 valence electrons. The lowest BCUT2D eigenvalue weighted by atomic mass is 10.1. The molecule has 3 unspecified atom stereocenters. The number of carboxylic acids is 1. The van der Waals surface area contributed by atoms with E-state index in [1.807, 2.05) is 5.32 Å². The molecular formula is C15H23N7O7. The number of aromatic nitrogens is 2. The maximum Gasteiger partial charge on any atom is 0.326 e. The highest BCUT2D eigenvalue weighted by atomic mass is 16.4. The highest BCUT2D eigenvalue weighted by Crippen LogP contribution is 1.97. The Hall–Kier alpha value is -3.52. The summed E-state index contributed by atoms with van der Waals surface area (Å²) < 4.78 is 0. The van der Waals surface area contributed by atoms with Gasteiger partial charge in [-0.05, 0) is 0 Å². The highest BCUT2D eigenvalue weighted by Gasteiger charge is 2.25. The molecule has 14 nitrogen and oxygen atoms in total. The zero-order valence-corrected chi connectivity index (χ0v) is 15.3. The molecule has 3 atom stereocenters. The predicted octanol–water partition coefficient (Wildman–Crippen LogP) is -4.68. The number of carboxylic acid groups (broad SMARTS) is 1. The number of nitrogens with one attached hydrogen (secondary N) is 4. The van der Waals surface area contributed by atoms with Gasteiger partial charge in [-0.15, -0.1) is 0 Å². The lowest BCUT2D eigenvalue weighted by Crippen LogP contribution is -2.55. The molecule has 0 aliphatic rings. The van der Waals surface area contributed by atoms with Gasteiger partial charge in [0.1, 0.15) is 12.1 Å². The fourth-order valence-corrected chi connectivity index (χ4v) is 2.14. The van der Waals surface area contributed by atoms with E-state index in [2.05, 4.69) is 20.6 Å². The molecule has 0 spiro atoms. The van der Waals surface area contributed by atoms with Crippen molar-refractivity contribution in [1.29, 1.82) is 0 Å². The standard InChI is InChI=1S/C15H23N7O7/c16-8(1-7-3-18-6-20-7)13(26)22-10(5-23)14(27)19-4-12(25)21-9(15(28)29)2-11(17)24/h3,6,8-10,23H,1-2,4-5,16H2,(H2,17,24)(H,18,20)(H,19,27)(H,21,25)(H,22,26)(H,28,29). The van der Waals surface area contributed by atoms with Crippen LogP contribution < -0.4 is 27.4 Å². The average molecular weight is 413 g/mol. The van der Waals surface area contributed by atoms with Crippen LogP contribution in [0.1, 0.15) is 12.1 Å². The lowest BCUT2D eigenvalue weighted by Gasteiger charge is -2.19. The number of nitrogens with two attached hydrogens (primary N) is 2. The van der Waals surface area contributed by atoms with Crippen LogP contribution in [0.15, 0.2) is 12.5 Å². The first kappa shape index (κ1) is 23.5. The maximum atomic E-state index is 12.1. The Morgan fingerprint density at radius 1 is 1.14 bits per heavy atom. The number of primary amides is 1. The van der Waals surface area contributed by atoms with Crippen LogP contribution in [-0.4, -0.2) is 81.1 Å². The first-order valence-corrected chi connectivity index (χ1v) is 8.36. The van der Waals surface area contributed by atoms with Crippen LogP contribution in [0, 0.1) is 0 Å². The molecule has 0 bridgehead atoms. The van der Waals surface area contributed by atoms with Crippen LogP contribution in [0.2, 0.25) is 0 Å². The smallest absolute Gasteiger partial charge is 0.326 e. The highest BCUT2D eigenvalue weighted by molar-refractivity contribution is 5.93. The fourth-order valence-electron chi connectivity index (χ4n) is 2.14. The van der Waals surface area contributed by atoms with Gasteiger partial charge < -0.3 is 42.6 Å². The van der Waals surface area contributed by atoms with Gasteiger partial charge in [-0.25, -0.2) is 9.78 Å². The van der Waals surface area contributed by atoms with E-state index in [9.17, 15) is 29.1 Å². The quantitative estimate of drug-likeness (QED) is 0.164. The SMILES string of the molecule is NC(=O)CC(NC(=O)CNC(=O)C(CO)NC(=O)C(N)Cc1cnc[nH]1)C(=O)O. The molecule has 14 heteroatoms. The van der Waals surface area contributed by atoms with E-state index in [0.717, 1.165) is 0 Å². The molecule has 0 aromatic carbocycles. The molecule has 0 aliphatic carbocycles. The molecule has 0 saturated heterocycles. The van der Waals surface area contributed by atoms with Gasteiger partial charge in [-0.3, -0.25) is 19.2 Å². The number of aliphatic carboxylic acids is 1.